The Hall–Kier alpha value is -0.930. The molecular weight excluding hydrogens is 242 g/mol. The van der Waals surface area contributed by atoms with Crippen molar-refractivity contribution in [3.63, 3.8) is 0 Å². The monoisotopic (exact) mass is 265 g/mol. The van der Waals surface area contributed by atoms with Crippen LogP contribution in [0.25, 0.3) is 0 Å². The maximum atomic E-state index is 12.3. The topological polar surface area (TPSA) is 29.1 Å². The molecule has 0 aromatic heterocycles. The molecule has 1 aromatic rings. The molecule has 0 saturated carbocycles. The molecule has 0 aliphatic heterocycles. The summed E-state index contributed by atoms with van der Waals surface area (Å²) in [6, 6.07) is 10.1. The van der Waals surface area contributed by atoms with Gasteiger partial charge in [0.15, 0.2) is 0 Å². The first-order valence-corrected chi connectivity index (χ1v) is 7.31. The Labute approximate surface area is 113 Å². The maximum absolute atomic E-state index is 12.3. The lowest BCUT2D eigenvalue weighted by Crippen LogP contribution is -2.45. The quantitative estimate of drug-likeness (QED) is 0.811. The fourth-order valence-electron chi connectivity index (χ4n) is 1.67. The average Bonchev–Trinajstić information content (AvgIpc) is 2.29. The second-order valence-corrected chi connectivity index (χ2v) is 7.64. The van der Waals surface area contributed by atoms with E-state index in [-0.39, 0.29) is 10.3 Å². The highest BCUT2D eigenvalue weighted by Crippen LogP contribution is 2.27. The summed E-state index contributed by atoms with van der Waals surface area (Å²) >= 11 is 0. The molecule has 2 nitrogen and oxygen atoms in total. The number of hydrogen-bond acceptors (Lipinski definition) is 1. The summed E-state index contributed by atoms with van der Waals surface area (Å²) in [5.74, 6) is 0. The van der Waals surface area contributed by atoms with Gasteiger partial charge < -0.3 is 0 Å². The highest BCUT2D eigenvalue weighted by atomic mass is 32.2. The second-order valence-electron chi connectivity index (χ2n) is 5.67. The molecular formula is C15H23NOS. The van der Waals surface area contributed by atoms with Gasteiger partial charge in [-0.2, -0.15) is 0 Å². The van der Waals surface area contributed by atoms with Gasteiger partial charge in [-0.1, -0.05) is 36.4 Å². The summed E-state index contributed by atoms with van der Waals surface area (Å²) < 4.78 is 15.3. The van der Waals surface area contributed by atoms with Crippen molar-refractivity contribution in [1.82, 2.24) is 4.72 Å². The zero-order valence-electron chi connectivity index (χ0n) is 11.7. The van der Waals surface area contributed by atoms with Crippen molar-refractivity contribution in [1.29, 1.82) is 0 Å². The van der Waals surface area contributed by atoms with Gasteiger partial charge >= 0.3 is 0 Å². The van der Waals surface area contributed by atoms with E-state index in [0.717, 1.165) is 12.0 Å². The van der Waals surface area contributed by atoms with Crippen molar-refractivity contribution in [3.05, 3.63) is 48.6 Å². The van der Waals surface area contributed by atoms with Gasteiger partial charge in [-0.15, -0.1) is 6.58 Å². The van der Waals surface area contributed by atoms with E-state index in [1.165, 1.54) is 0 Å². The van der Waals surface area contributed by atoms with Gasteiger partial charge in [-0.25, -0.2) is 8.93 Å². The summed E-state index contributed by atoms with van der Waals surface area (Å²) in [5.41, 5.74) is 0.781. The minimum atomic E-state index is -1.11. The van der Waals surface area contributed by atoms with E-state index in [0.29, 0.717) is 0 Å². The first-order valence-electron chi connectivity index (χ1n) is 6.16. The van der Waals surface area contributed by atoms with Gasteiger partial charge in [0.05, 0.1) is 21.3 Å². The molecule has 0 spiro atoms. The zero-order chi connectivity index (χ0) is 13.8. The average molecular weight is 265 g/mol. The molecule has 0 unspecified atom stereocenters. The minimum Gasteiger partial charge on any atom is -0.242 e. The summed E-state index contributed by atoms with van der Waals surface area (Å²) in [5, 5.41) is 0. The van der Waals surface area contributed by atoms with Gasteiger partial charge in [0.1, 0.15) is 0 Å². The van der Waals surface area contributed by atoms with Gasteiger partial charge in [0.25, 0.3) is 0 Å². The molecule has 0 bridgehead atoms. The van der Waals surface area contributed by atoms with Crippen LogP contribution in [-0.4, -0.2) is 8.96 Å². The first-order chi connectivity index (χ1) is 8.29. The van der Waals surface area contributed by atoms with Crippen LogP contribution in [-0.2, 0) is 16.5 Å². The van der Waals surface area contributed by atoms with Crippen molar-refractivity contribution in [2.24, 2.45) is 0 Å². The molecule has 100 valence electrons. The molecule has 18 heavy (non-hydrogen) atoms. The molecule has 1 aromatic carbocycles. The third kappa shape index (κ3) is 3.79. The third-order valence-electron chi connectivity index (χ3n) is 2.84. The summed E-state index contributed by atoms with van der Waals surface area (Å²) in [6.07, 6.45) is 2.60. The number of hydrogen-bond donors (Lipinski definition) is 1. The molecule has 3 heteroatoms. The largest absolute Gasteiger partial charge is 0.242 e. The van der Waals surface area contributed by atoms with Crippen molar-refractivity contribution in [3.8, 4) is 0 Å². The van der Waals surface area contributed by atoms with Crippen LogP contribution in [0.5, 0.6) is 0 Å². The molecule has 0 amide bonds. The van der Waals surface area contributed by atoms with Gasteiger partial charge in [-0.05, 0) is 39.7 Å². The summed E-state index contributed by atoms with van der Waals surface area (Å²) in [7, 11) is -1.11. The smallest absolute Gasteiger partial charge is 0.0978 e. The number of benzene rings is 1. The molecule has 0 saturated heterocycles. The lowest BCUT2D eigenvalue weighted by Gasteiger charge is -2.33. The van der Waals surface area contributed by atoms with Crippen LogP contribution in [0.2, 0.25) is 0 Å². The first kappa shape index (κ1) is 15.1. The molecule has 0 radical (unpaired) electrons. The predicted octanol–water partition coefficient (Wildman–Crippen LogP) is 3.53. The lowest BCUT2D eigenvalue weighted by molar-refractivity contribution is 0.446. The van der Waals surface area contributed by atoms with Crippen LogP contribution in [0, 0.1) is 0 Å². The highest BCUT2D eigenvalue weighted by Gasteiger charge is 2.31. The lowest BCUT2D eigenvalue weighted by atomic mass is 9.90. The minimum absolute atomic E-state index is 0.281. The Morgan fingerprint density at radius 1 is 1.22 bits per heavy atom. The van der Waals surface area contributed by atoms with Crippen molar-refractivity contribution in [2.75, 3.05) is 0 Å². The third-order valence-corrected chi connectivity index (χ3v) is 4.59. The van der Waals surface area contributed by atoms with Crippen LogP contribution in [0.3, 0.4) is 0 Å². The molecule has 0 heterocycles. The summed E-state index contributed by atoms with van der Waals surface area (Å²) in [4.78, 5) is 0. The van der Waals surface area contributed by atoms with Crippen molar-refractivity contribution >= 4 is 11.0 Å². The highest BCUT2D eigenvalue weighted by molar-refractivity contribution is 7.84. The van der Waals surface area contributed by atoms with E-state index in [2.05, 4.69) is 30.4 Å². The number of nitrogens with one attached hydrogen (secondary N) is 1. The van der Waals surface area contributed by atoms with E-state index < -0.39 is 11.0 Å². The Morgan fingerprint density at radius 2 is 1.78 bits per heavy atom. The van der Waals surface area contributed by atoms with Crippen molar-refractivity contribution in [2.45, 2.75) is 44.4 Å². The Morgan fingerprint density at radius 3 is 2.22 bits per heavy atom. The van der Waals surface area contributed by atoms with E-state index in [9.17, 15) is 4.21 Å². The molecule has 1 N–H and O–H groups in total. The second kappa shape index (κ2) is 5.81. The van der Waals surface area contributed by atoms with Crippen molar-refractivity contribution < 1.29 is 4.21 Å². The van der Waals surface area contributed by atoms with E-state index in [1.54, 1.807) is 0 Å². The SMILES string of the molecule is C=CC[C@@](C)(N[S@](=O)C(C)(C)C)c1ccccc1. The Balaban J connectivity index is 3.02. The van der Waals surface area contributed by atoms with E-state index in [1.807, 2.05) is 45.0 Å². The van der Waals surface area contributed by atoms with Crippen LogP contribution in [0.4, 0.5) is 0 Å². The van der Waals surface area contributed by atoms with Crippen LogP contribution >= 0.6 is 0 Å². The van der Waals surface area contributed by atoms with Gasteiger partial charge in [0, 0.05) is 0 Å². The van der Waals surface area contributed by atoms with Gasteiger partial charge in [0.2, 0.25) is 0 Å². The van der Waals surface area contributed by atoms with Crippen LogP contribution < -0.4 is 4.72 Å². The fraction of sp³-hybridized carbons (Fsp3) is 0.467. The molecule has 0 aliphatic rings. The molecule has 0 aliphatic carbocycles. The molecule has 2 atom stereocenters. The van der Waals surface area contributed by atoms with E-state index >= 15 is 0 Å². The van der Waals surface area contributed by atoms with Gasteiger partial charge in [-0.3, -0.25) is 0 Å². The molecule has 1 rings (SSSR count). The standard InChI is InChI=1S/C15H23NOS/c1-6-12-15(5,13-10-8-7-9-11-13)16-18(17)14(2,3)4/h6-11,16H,1,12H2,2-5H3/t15-,18-/m1/s1. The Bertz CT molecular complexity index is 422. The fourth-order valence-corrected chi connectivity index (χ4v) is 2.59. The maximum Gasteiger partial charge on any atom is 0.0978 e. The Kier molecular flexibility index (Phi) is 4.88. The molecule has 0 fully saturated rings. The van der Waals surface area contributed by atoms with Crippen LogP contribution in [0.1, 0.15) is 39.7 Å². The van der Waals surface area contributed by atoms with E-state index in [4.69, 9.17) is 0 Å². The predicted molar refractivity (Wildman–Crippen MR) is 79.6 cm³/mol. The number of rotatable bonds is 5. The van der Waals surface area contributed by atoms with Crippen LogP contribution in [0.15, 0.2) is 43.0 Å². The zero-order valence-corrected chi connectivity index (χ0v) is 12.5. The normalized spacial score (nSPS) is 16.9. The summed E-state index contributed by atoms with van der Waals surface area (Å²) in [6.45, 7) is 11.8.